The summed E-state index contributed by atoms with van der Waals surface area (Å²) in [6, 6.07) is 0. The highest BCUT2D eigenvalue weighted by Gasteiger charge is 2.06. The highest BCUT2D eigenvalue weighted by molar-refractivity contribution is 5.81. The number of aromatic amines is 1. The van der Waals surface area contributed by atoms with E-state index in [4.69, 9.17) is 5.73 Å². The summed E-state index contributed by atoms with van der Waals surface area (Å²) < 4.78 is 0. The quantitative estimate of drug-likeness (QED) is 0.671. The average Bonchev–Trinajstić information content (AvgIpc) is 2.74. The summed E-state index contributed by atoms with van der Waals surface area (Å²) in [4.78, 5) is 15.2. The fourth-order valence-corrected chi connectivity index (χ4v) is 1.25. The molecule has 0 fully saturated rings. The first-order valence-corrected chi connectivity index (χ1v) is 4.89. The van der Waals surface area contributed by atoms with Gasteiger partial charge in [-0.15, -0.1) is 0 Å². The predicted octanol–water partition coefficient (Wildman–Crippen LogP) is 0.360. The van der Waals surface area contributed by atoms with Crippen LogP contribution in [-0.4, -0.2) is 33.0 Å². The van der Waals surface area contributed by atoms with Gasteiger partial charge in [-0.25, -0.2) is 15.0 Å². The van der Waals surface area contributed by atoms with Crippen LogP contribution in [0.1, 0.15) is 6.92 Å². The van der Waals surface area contributed by atoms with Gasteiger partial charge in [-0.05, 0) is 12.5 Å². The number of nitrogens with two attached hydrogens (primary N) is 1. The molecule has 0 aliphatic rings. The Labute approximate surface area is 87.3 Å². The van der Waals surface area contributed by atoms with Crippen LogP contribution in [0, 0.1) is 5.92 Å². The van der Waals surface area contributed by atoms with E-state index in [0.29, 0.717) is 18.1 Å². The zero-order valence-electron chi connectivity index (χ0n) is 8.57. The molecular weight excluding hydrogens is 192 g/mol. The molecule has 4 N–H and O–H groups in total. The van der Waals surface area contributed by atoms with E-state index in [1.807, 2.05) is 0 Å². The lowest BCUT2D eigenvalue weighted by Crippen LogP contribution is -2.20. The Morgan fingerprint density at radius 2 is 2.33 bits per heavy atom. The van der Waals surface area contributed by atoms with Gasteiger partial charge in [0, 0.05) is 6.54 Å². The van der Waals surface area contributed by atoms with Gasteiger partial charge in [0.25, 0.3) is 0 Å². The van der Waals surface area contributed by atoms with Crippen LogP contribution in [-0.2, 0) is 0 Å². The minimum atomic E-state index is 0.415. The van der Waals surface area contributed by atoms with Gasteiger partial charge >= 0.3 is 0 Å². The lowest BCUT2D eigenvalue weighted by molar-refractivity contribution is 0.627. The predicted molar refractivity (Wildman–Crippen MR) is 58.4 cm³/mol. The van der Waals surface area contributed by atoms with Gasteiger partial charge in [0.1, 0.15) is 11.8 Å². The fourth-order valence-electron chi connectivity index (χ4n) is 1.25. The molecule has 15 heavy (non-hydrogen) atoms. The summed E-state index contributed by atoms with van der Waals surface area (Å²) in [7, 11) is 0. The number of anilines is 1. The smallest absolute Gasteiger partial charge is 0.182 e. The summed E-state index contributed by atoms with van der Waals surface area (Å²) >= 11 is 0. The zero-order valence-corrected chi connectivity index (χ0v) is 8.57. The molecule has 2 aromatic rings. The van der Waals surface area contributed by atoms with Crippen LogP contribution in [0.5, 0.6) is 0 Å². The maximum Gasteiger partial charge on any atom is 0.182 e. The molecule has 2 rings (SSSR count). The molecule has 1 atom stereocenters. The van der Waals surface area contributed by atoms with E-state index < -0.39 is 0 Å². The molecule has 6 nitrogen and oxygen atoms in total. The van der Waals surface area contributed by atoms with E-state index in [0.717, 1.165) is 17.9 Å². The standard InChI is InChI=1S/C9H14N6/c1-6(2-10)3-11-8-7-9(13-4-12-7)15-5-14-8/h4-6H,2-3,10H2,1H3,(H2,11,12,13,14,15). The number of hydrogen-bond donors (Lipinski definition) is 3. The Kier molecular flexibility index (Phi) is 2.77. The second-order valence-electron chi connectivity index (χ2n) is 3.55. The van der Waals surface area contributed by atoms with Crippen molar-refractivity contribution in [3.05, 3.63) is 12.7 Å². The summed E-state index contributed by atoms with van der Waals surface area (Å²) in [5.41, 5.74) is 7.04. The van der Waals surface area contributed by atoms with E-state index in [1.54, 1.807) is 6.33 Å². The van der Waals surface area contributed by atoms with E-state index in [1.165, 1.54) is 6.33 Å². The van der Waals surface area contributed by atoms with Crippen molar-refractivity contribution < 1.29 is 0 Å². The Morgan fingerprint density at radius 1 is 1.47 bits per heavy atom. The van der Waals surface area contributed by atoms with Crippen molar-refractivity contribution in [1.29, 1.82) is 0 Å². The van der Waals surface area contributed by atoms with Gasteiger partial charge in [0.15, 0.2) is 11.5 Å². The third-order valence-corrected chi connectivity index (χ3v) is 2.24. The Morgan fingerprint density at radius 3 is 3.13 bits per heavy atom. The summed E-state index contributed by atoms with van der Waals surface area (Å²) in [5.74, 6) is 1.19. The van der Waals surface area contributed by atoms with E-state index >= 15 is 0 Å². The minimum Gasteiger partial charge on any atom is -0.368 e. The average molecular weight is 206 g/mol. The molecule has 2 heterocycles. The van der Waals surface area contributed by atoms with Crippen LogP contribution < -0.4 is 11.1 Å². The highest BCUT2D eigenvalue weighted by atomic mass is 15.1. The molecular formula is C9H14N6. The summed E-state index contributed by atoms with van der Waals surface area (Å²) in [5, 5.41) is 3.22. The second kappa shape index (κ2) is 4.22. The molecule has 0 radical (unpaired) electrons. The maximum atomic E-state index is 5.54. The third kappa shape index (κ3) is 2.04. The first-order chi connectivity index (χ1) is 7.31. The fraction of sp³-hybridized carbons (Fsp3) is 0.444. The van der Waals surface area contributed by atoms with Gasteiger partial charge < -0.3 is 16.0 Å². The number of imidazole rings is 1. The van der Waals surface area contributed by atoms with Crippen molar-refractivity contribution in [2.24, 2.45) is 11.7 Å². The van der Waals surface area contributed by atoms with Crippen LogP contribution in [0.4, 0.5) is 5.82 Å². The van der Waals surface area contributed by atoms with Crippen molar-refractivity contribution in [2.75, 3.05) is 18.4 Å². The lowest BCUT2D eigenvalue weighted by Gasteiger charge is -2.10. The van der Waals surface area contributed by atoms with E-state index in [2.05, 4.69) is 32.2 Å². The minimum absolute atomic E-state index is 0.415. The van der Waals surface area contributed by atoms with Crippen LogP contribution >= 0.6 is 0 Å². The number of nitrogens with zero attached hydrogens (tertiary/aromatic N) is 3. The normalized spacial score (nSPS) is 12.9. The van der Waals surface area contributed by atoms with E-state index in [-0.39, 0.29) is 0 Å². The van der Waals surface area contributed by atoms with Crippen molar-refractivity contribution in [3.8, 4) is 0 Å². The molecule has 0 bridgehead atoms. The number of aromatic nitrogens is 4. The Hall–Kier alpha value is -1.69. The van der Waals surface area contributed by atoms with Crippen LogP contribution in [0.3, 0.4) is 0 Å². The molecule has 0 saturated heterocycles. The van der Waals surface area contributed by atoms with Crippen molar-refractivity contribution in [2.45, 2.75) is 6.92 Å². The zero-order chi connectivity index (χ0) is 10.7. The van der Waals surface area contributed by atoms with Crippen molar-refractivity contribution >= 4 is 17.0 Å². The van der Waals surface area contributed by atoms with Crippen LogP contribution in [0.25, 0.3) is 11.2 Å². The molecule has 1 unspecified atom stereocenters. The van der Waals surface area contributed by atoms with Gasteiger partial charge in [0.05, 0.1) is 6.33 Å². The number of H-pyrrole nitrogens is 1. The topological polar surface area (TPSA) is 92.5 Å². The van der Waals surface area contributed by atoms with E-state index in [9.17, 15) is 0 Å². The molecule has 0 spiro atoms. The van der Waals surface area contributed by atoms with Gasteiger partial charge in [-0.3, -0.25) is 0 Å². The molecule has 0 aliphatic heterocycles. The summed E-state index contributed by atoms with van der Waals surface area (Å²) in [6.45, 7) is 3.53. The second-order valence-corrected chi connectivity index (χ2v) is 3.55. The SMILES string of the molecule is CC(CN)CNc1ncnc2nc[nH]c12. The molecule has 80 valence electrons. The number of rotatable bonds is 4. The first kappa shape index (κ1) is 9.85. The van der Waals surface area contributed by atoms with Gasteiger partial charge in [-0.1, -0.05) is 6.92 Å². The van der Waals surface area contributed by atoms with Crippen molar-refractivity contribution in [3.63, 3.8) is 0 Å². The highest BCUT2D eigenvalue weighted by Crippen LogP contribution is 2.14. The molecule has 0 aliphatic carbocycles. The first-order valence-electron chi connectivity index (χ1n) is 4.89. The molecule has 0 saturated carbocycles. The number of nitrogens with one attached hydrogen (secondary N) is 2. The Balaban J connectivity index is 2.17. The molecule has 0 aromatic carbocycles. The third-order valence-electron chi connectivity index (χ3n) is 2.24. The summed E-state index contributed by atoms with van der Waals surface area (Å²) in [6.07, 6.45) is 3.11. The number of hydrogen-bond acceptors (Lipinski definition) is 5. The van der Waals surface area contributed by atoms with Crippen LogP contribution in [0.2, 0.25) is 0 Å². The molecule has 6 heteroatoms. The number of fused-ring (bicyclic) bond motifs is 1. The largest absolute Gasteiger partial charge is 0.368 e. The molecule has 0 amide bonds. The Bertz CT molecular complexity index is 437. The van der Waals surface area contributed by atoms with Crippen LogP contribution in [0.15, 0.2) is 12.7 Å². The van der Waals surface area contributed by atoms with Gasteiger partial charge in [0.2, 0.25) is 0 Å². The van der Waals surface area contributed by atoms with Gasteiger partial charge in [-0.2, -0.15) is 0 Å². The van der Waals surface area contributed by atoms with Crippen molar-refractivity contribution in [1.82, 2.24) is 19.9 Å². The lowest BCUT2D eigenvalue weighted by atomic mass is 10.2. The molecule has 2 aromatic heterocycles. The maximum absolute atomic E-state index is 5.54. The monoisotopic (exact) mass is 206 g/mol.